The van der Waals surface area contributed by atoms with Gasteiger partial charge in [-0.3, -0.25) is 0 Å². The van der Waals surface area contributed by atoms with Crippen LogP contribution in [0.4, 0.5) is 0 Å². The Hall–Kier alpha value is 0.220. The van der Waals surface area contributed by atoms with E-state index in [1.54, 1.807) is 0 Å². The molecule has 0 aliphatic carbocycles. The molecule has 4 nitrogen and oxygen atoms in total. The monoisotopic (exact) mass is 280 g/mol. The molecule has 6 heteroatoms. The second-order valence-electron chi connectivity index (χ2n) is 4.41. The van der Waals surface area contributed by atoms with E-state index in [4.69, 9.17) is 0 Å². The molecular formula is C11H24N2O2S2. The number of sulfonamides is 1. The molecule has 17 heavy (non-hydrogen) atoms. The van der Waals surface area contributed by atoms with Crippen molar-refractivity contribution in [2.24, 2.45) is 0 Å². The fourth-order valence-electron chi connectivity index (χ4n) is 1.87. The lowest BCUT2D eigenvalue weighted by atomic mass is 10.2. The Morgan fingerprint density at radius 1 is 1.35 bits per heavy atom. The minimum Gasteiger partial charge on any atom is -0.317 e. The standard InChI is InChI=1S/C11H24N2O2S2/c1-2-12-7-3-4-9-17(14,15)13-11-6-5-8-16-10-11/h11-13H,2-10H2,1H3. The first kappa shape index (κ1) is 15.3. The molecule has 1 fully saturated rings. The topological polar surface area (TPSA) is 58.2 Å². The summed E-state index contributed by atoms with van der Waals surface area (Å²) in [5.74, 6) is 2.36. The average molecular weight is 280 g/mol. The first-order chi connectivity index (χ1) is 8.14. The minimum atomic E-state index is -3.06. The summed E-state index contributed by atoms with van der Waals surface area (Å²) in [6.07, 6.45) is 3.78. The number of unbranched alkanes of at least 4 members (excludes halogenated alkanes) is 1. The van der Waals surface area contributed by atoms with Gasteiger partial charge in [0.15, 0.2) is 0 Å². The molecule has 1 rings (SSSR count). The van der Waals surface area contributed by atoms with Crippen LogP contribution in [0.3, 0.4) is 0 Å². The minimum absolute atomic E-state index is 0.160. The molecule has 0 amide bonds. The van der Waals surface area contributed by atoms with E-state index in [2.05, 4.69) is 17.0 Å². The van der Waals surface area contributed by atoms with Gasteiger partial charge in [0.2, 0.25) is 10.0 Å². The fraction of sp³-hybridized carbons (Fsp3) is 1.00. The Morgan fingerprint density at radius 2 is 2.18 bits per heavy atom. The van der Waals surface area contributed by atoms with Crippen LogP contribution in [0.25, 0.3) is 0 Å². The van der Waals surface area contributed by atoms with Crippen molar-refractivity contribution in [2.75, 3.05) is 30.3 Å². The molecule has 1 atom stereocenters. The number of rotatable bonds is 8. The first-order valence-corrected chi connectivity index (χ1v) is 9.23. The van der Waals surface area contributed by atoms with Crippen LogP contribution in [0.5, 0.6) is 0 Å². The van der Waals surface area contributed by atoms with Crippen LogP contribution in [-0.4, -0.2) is 44.8 Å². The smallest absolute Gasteiger partial charge is 0.211 e. The summed E-state index contributed by atoms with van der Waals surface area (Å²) in [7, 11) is -3.06. The molecule has 1 aliphatic rings. The van der Waals surface area contributed by atoms with Crippen molar-refractivity contribution in [3.05, 3.63) is 0 Å². The third kappa shape index (κ3) is 7.28. The van der Waals surface area contributed by atoms with E-state index in [-0.39, 0.29) is 11.8 Å². The van der Waals surface area contributed by atoms with Gasteiger partial charge in [-0.25, -0.2) is 13.1 Å². The Morgan fingerprint density at radius 3 is 2.82 bits per heavy atom. The van der Waals surface area contributed by atoms with Gasteiger partial charge in [0.1, 0.15) is 0 Å². The predicted octanol–water partition coefficient (Wildman–Crippen LogP) is 1.19. The quantitative estimate of drug-likeness (QED) is 0.656. The molecule has 1 unspecified atom stereocenters. The second-order valence-corrected chi connectivity index (χ2v) is 7.43. The van der Waals surface area contributed by atoms with Crippen molar-refractivity contribution in [3.63, 3.8) is 0 Å². The van der Waals surface area contributed by atoms with Gasteiger partial charge in [-0.15, -0.1) is 0 Å². The fourth-order valence-corrected chi connectivity index (χ4v) is 4.45. The molecule has 0 bridgehead atoms. The normalized spacial score (nSPS) is 21.6. The van der Waals surface area contributed by atoms with Gasteiger partial charge < -0.3 is 5.32 Å². The lowest BCUT2D eigenvalue weighted by Crippen LogP contribution is -2.39. The zero-order valence-corrected chi connectivity index (χ0v) is 12.2. The summed E-state index contributed by atoms with van der Waals surface area (Å²) in [6.45, 7) is 3.91. The Kier molecular flexibility index (Phi) is 7.50. The van der Waals surface area contributed by atoms with Crippen molar-refractivity contribution in [1.29, 1.82) is 0 Å². The van der Waals surface area contributed by atoms with Gasteiger partial charge in [0.05, 0.1) is 5.75 Å². The van der Waals surface area contributed by atoms with Gasteiger partial charge in [-0.05, 0) is 44.5 Å². The molecule has 1 heterocycles. The van der Waals surface area contributed by atoms with Crippen LogP contribution in [-0.2, 0) is 10.0 Å². The molecule has 1 saturated heterocycles. The van der Waals surface area contributed by atoms with Gasteiger partial charge in [0.25, 0.3) is 0 Å². The predicted molar refractivity (Wildman–Crippen MR) is 75.0 cm³/mol. The highest BCUT2D eigenvalue weighted by molar-refractivity contribution is 7.99. The third-order valence-corrected chi connectivity index (χ3v) is 5.51. The number of thioether (sulfide) groups is 1. The summed E-state index contributed by atoms with van der Waals surface area (Å²) in [6, 6.07) is 0.160. The Bertz CT molecular complexity index is 288. The van der Waals surface area contributed by atoms with E-state index in [0.29, 0.717) is 0 Å². The van der Waals surface area contributed by atoms with E-state index in [1.807, 2.05) is 11.8 Å². The largest absolute Gasteiger partial charge is 0.317 e. The number of hydrogen-bond acceptors (Lipinski definition) is 4. The van der Waals surface area contributed by atoms with Crippen LogP contribution in [0.2, 0.25) is 0 Å². The molecule has 0 spiro atoms. The van der Waals surface area contributed by atoms with E-state index in [9.17, 15) is 8.42 Å². The number of hydrogen-bond donors (Lipinski definition) is 2. The van der Waals surface area contributed by atoms with Crippen LogP contribution < -0.4 is 10.0 Å². The van der Waals surface area contributed by atoms with Crippen molar-refractivity contribution < 1.29 is 8.42 Å². The van der Waals surface area contributed by atoms with Crippen molar-refractivity contribution >= 4 is 21.8 Å². The molecular weight excluding hydrogens is 256 g/mol. The molecule has 1 aliphatic heterocycles. The van der Waals surface area contributed by atoms with E-state index >= 15 is 0 Å². The zero-order chi connectivity index (χ0) is 12.6. The van der Waals surface area contributed by atoms with Crippen LogP contribution in [0.1, 0.15) is 32.6 Å². The molecule has 0 radical (unpaired) electrons. The van der Waals surface area contributed by atoms with E-state index < -0.39 is 10.0 Å². The van der Waals surface area contributed by atoms with Crippen LogP contribution in [0.15, 0.2) is 0 Å². The Labute approximate surface area is 109 Å². The van der Waals surface area contributed by atoms with Gasteiger partial charge in [-0.2, -0.15) is 11.8 Å². The maximum Gasteiger partial charge on any atom is 0.211 e. The molecule has 0 aromatic rings. The van der Waals surface area contributed by atoms with Crippen molar-refractivity contribution in [3.8, 4) is 0 Å². The number of nitrogens with one attached hydrogen (secondary N) is 2. The maximum atomic E-state index is 11.8. The van der Waals surface area contributed by atoms with Gasteiger partial charge >= 0.3 is 0 Å². The highest BCUT2D eigenvalue weighted by atomic mass is 32.2. The summed E-state index contributed by atoms with van der Waals surface area (Å²) < 4.78 is 26.4. The molecule has 0 aromatic carbocycles. The van der Waals surface area contributed by atoms with Crippen LogP contribution in [0, 0.1) is 0 Å². The second kappa shape index (κ2) is 8.34. The summed E-state index contributed by atoms with van der Waals surface area (Å²) in [5, 5.41) is 3.20. The summed E-state index contributed by atoms with van der Waals surface area (Å²) >= 11 is 1.84. The van der Waals surface area contributed by atoms with Gasteiger partial charge in [0, 0.05) is 11.8 Å². The highest BCUT2D eigenvalue weighted by Crippen LogP contribution is 2.17. The summed E-state index contributed by atoms with van der Waals surface area (Å²) in [5.41, 5.74) is 0. The van der Waals surface area contributed by atoms with Crippen LogP contribution >= 0.6 is 11.8 Å². The van der Waals surface area contributed by atoms with Crippen molar-refractivity contribution in [1.82, 2.24) is 10.0 Å². The van der Waals surface area contributed by atoms with Gasteiger partial charge in [-0.1, -0.05) is 6.92 Å². The lowest BCUT2D eigenvalue weighted by molar-refractivity contribution is 0.539. The summed E-state index contributed by atoms with van der Waals surface area (Å²) in [4.78, 5) is 0. The third-order valence-electron chi connectivity index (χ3n) is 2.77. The molecule has 102 valence electrons. The van der Waals surface area contributed by atoms with E-state index in [1.165, 1.54) is 5.75 Å². The van der Waals surface area contributed by atoms with E-state index in [0.717, 1.165) is 44.5 Å². The molecule has 0 aromatic heterocycles. The molecule has 0 saturated carbocycles. The highest BCUT2D eigenvalue weighted by Gasteiger charge is 2.19. The first-order valence-electron chi connectivity index (χ1n) is 6.42. The molecule has 2 N–H and O–H groups in total. The SMILES string of the molecule is CCNCCCCS(=O)(=O)NC1CCCSC1. The van der Waals surface area contributed by atoms with Crippen molar-refractivity contribution in [2.45, 2.75) is 38.6 Å². The lowest BCUT2D eigenvalue weighted by Gasteiger charge is -2.22. The average Bonchev–Trinajstić information content (AvgIpc) is 2.29. The maximum absolute atomic E-state index is 11.8. The Balaban J connectivity index is 2.16. The zero-order valence-electron chi connectivity index (χ0n) is 10.6.